The number of carbonyl (C=O) groups is 1. The van der Waals surface area contributed by atoms with E-state index in [0.717, 1.165) is 13.2 Å². The number of halogens is 1. The summed E-state index contributed by atoms with van der Waals surface area (Å²) in [5.74, 6) is -1.88. The number of nitro benzene ring substituents is 1. The molecule has 92 valence electrons. The van der Waals surface area contributed by atoms with Gasteiger partial charge in [-0.15, -0.1) is 0 Å². The third-order valence-electron chi connectivity index (χ3n) is 2.15. The van der Waals surface area contributed by atoms with Crippen molar-refractivity contribution in [2.75, 3.05) is 7.11 Å². The van der Waals surface area contributed by atoms with Gasteiger partial charge in [-0.2, -0.15) is 4.39 Å². The van der Waals surface area contributed by atoms with Gasteiger partial charge >= 0.3 is 11.7 Å². The molecule has 6 nitrogen and oxygen atoms in total. The summed E-state index contributed by atoms with van der Waals surface area (Å²) < 4.78 is 17.9. The smallest absolute Gasteiger partial charge is 0.308 e. The zero-order chi connectivity index (χ0) is 13.0. The molecule has 0 heterocycles. The first-order chi connectivity index (χ1) is 7.97. The number of nitrogens with zero attached hydrogens (tertiary/aromatic N) is 1. The first-order valence-corrected chi connectivity index (χ1v) is 4.65. The van der Waals surface area contributed by atoms with Gasteiger partial charge in [0.15, 0.2) is 0 Å². The van der Waals surface area contributed by atoms with E-state index in [4.69, 9.17) is 0 Å². The molecule has 0 saturated heterocycles. The van der Waals surface area contributed by atoms with Crippen molar-refractivity contribution in [3.8, 4) is 0 Å². The molecule has 1 aromatic rings. The Morgan fingerprint density at radius 3 is 2.82 bits per heavy atom. The molecule has 17 heavy (non-hydrogen) atoms. The number of benzene rings is 1. The van der Waals surface area contributed by atoms with Gasteiger partial charge in [0.2, 0.25) is 5.82 Å². The summed E-state index contributed by atoms with van der Waals surface area (Å²) in [4.78, 5) is 20.5. The lowest BCUT2D eigenvalue weighted by molar-refractivity contribution is -0.387. The molecule has 0 aliphatic carbocycles. The van der Waals surface area contributed by atoms with Crippen LogP contribution in [0.4, 0.5) is 10.1 Å². The molecule has 0 radical (unpaired) electrons. The predicted octanol–water partition coefficient (Wildman–Crippen LogP) is 1.33. The summed E-state index contributed by atoms with van der Waals surface area (Å²) in [6.45, 7) is 0. The van der Waals surface area contributed by atoms with E-state index < -0.39 is 34.9 Å². The number of ether oxygens (including phenoxy) is 1. The number of methoxy groups -OCH3 is 1. The van der Waals surface area contributed by atoms with E-state index in [9.17, 15) is 24.4 Å². The summed E-state index contributed by atoms with van der Waals surface area (Å²) in [6, 6.07) is 3.39. The van der Waals surface area contributed by atoms with Crippen molar-refractivity contribution in [3.63, 3.8) is 0 Å². The van der Waals surface area contributed by atoms with Crippen LogP contribution in [0.2, 0.25) is 0 Å². The first kappa shape index (κ1) is 13.0. The van der Waals surface area contributed by atoms with E-state index >= 15 is 0 Å². The van der Waals surface area contributed by atoms with E-state index in [-0.39, 0.29) is 5.56 Å². The highest BCUT2D eigenvalue weighted by Gasteiger charge is 2.23. The highest BCUT2D eigenvalue weighted by atomic mass is 19.1. The minimum Gasteiger partial charge on any atom is -0.469 e. The highest BCUT2D eigenvalue weighted by Crippen LogP contribution is 2.26. The fourth-order valence-corrected chi connectivity index (χ4v) is 1.29. The Balaban J connectivity index is 3.02. The Morgan fingerprint density at radius 2 is 2.29 bits per heavy atom. The van der Waals surface area contributed by atoms with E-state index in [2.05, 4.69) is 4.74 Å². The fraction of sp³-hybridized carbons (Fsp3) is 0.300. The summed E-state index contributed by atoms with van der Waals surface area (Å²) in [5.41, 5.74) is -1.05. The van der Waals surface area contributed by atoms with Crippen LogP contribution in [0.25, 0.3) is 0 Å². The van der Waals surface area contributed by atoms with Gasteiger partial charge in [-0.3, -0.25) is 14.9 Å². The summed E-state index contributed by atoms with van der Waals surface area (Å²) >= 11 is 0. The van der Waals surface area contributed by atoms with E-state index in [1.165, 1.54) is 12.1 Å². The lowest BCUT2D eigenvalue weighted by Crippen LogP contribution is -2.10. The minimum absolute atomic E-state index is 0.301. The first-order valence-electron chi connectivity index (χ1n) is 4.65. The number of carbonyl (C=O) groups excluding carboxylic acids is 1. The van der Waals surface area contributed by atoms with Crippen LogP contribution >= 0.6 is 0 Å². The second-order valence-corrected chi connectivity index (χ2v) is 3.23. The molecule has 0 amide bonds. The maximum absolute atomic E-state index is 13.6. The van der Waals surface area contributed by atoms with Crippen LogP contribution in [0.5, 0.6) is 0 Å². The van der Waals surface area contributed by atoms with Crippen molar-refractivity contribution in [1.82, 2.24) is 0 Å². The normalized spacial score (nSPS) is 11.9. The van der Waals surface area contributed by atoms with Crippen LogP contribution in [-0.4, -0.2) is 23.1 Å². The molecule has 0 saturated carbocycles. The van der Waals surface area contributed by atoms with Crippen molar-refractivity contribution < 1.29 is 24.0 Å². The van der Waals surface area contributed by atoms with Gasteiger partial charge in [0.1, 0.15) is 0 Å². The lowest BCUT2D eigenvalue weighted by Gasteiger charge is -2.10. The molecule has 0 aliphatic heterocycles. The molecule has 0 bridgehead atoms. The Morgan fingerprint density at radius 1 is 1.65 bits per heavy atom. The summed E-state index contributed by atoms with van der Waals surface area (Å²) in [6.07, 6.45) is -1.93. The number of aliphatic hydroxyl groups is 1. The highest BCUT2D eigenvalue weighted by molar-refractivity contribution is 5.70. The minimum atomic E-state index is -1.47. The Labute approximate surface area is 95.8 Å². The van der Waals surface area contributed by atoms with Gasteiger partial charge in [-0.05, 0) is 0 Å². The van der Waals surface area contributed by atoms with E-state index in [1.54, 1.807) is 0 Å². The zero-order valence-corrected chi connectivity index (χ0v) is 8.92. The van der Waals surface area contributed by atoms with Crippen LogP contribution in [0, 0.1) is 15.9 Å². The van der Waals surface area contributed by atoms with Crippen LogP contribution in [0.1, 0.15) is 18.1 Å². The second kappa shape index (κ2) is 5.35. The molecule has 1 rings (SSSR count). The molecule has 0 unspecified atom stereocenters. The maximum atomic E-state index is 13.6. The Kier molecular flexibility index (Phi) is 4.11. The topological polar surface area (TPSA) is 89.7 Å². The van der Waals surface area contributed by atoms with Gasteiger partial charge in [-0.1, -0.05) is 12.1 Å². The number of aliphatic hydroxyl groups excluding tert-OH is 1. The molecule has 1 atom stereocenters. The van der Waals surface area contributed by atoms with Crippen molar-refractivity contribution in [3.05, 3.63) is 39.7 Å². The van der Waals surface area contributed by atoms with Gasteiger partial charge in [0.05, 0.1) is 24.6 Å². The maximum Gasteiger partial charge on any atom is 0.308 e. The van der Waals surface area contributed by atoms with Crippen LogP contribution < -0.4 is 0 Å². The number of nitro groups is 1. The average molecular weight is 243 g/mol. The molecule has 0 aliphatic rings. The predicted molar refractivity (Wildman–Crippen MR) is 54.6 cm³/mol. The number of hydrogen-bond donors (Lipinski definition) is 1. The fourth-order valence-electron chi connectivity index (χ4n) is 1.29. The molecule has 0 aromatic heterocycles. The molecule has 1 N–H and O–H groups in total. The number of rotatable bonds is 4. The lowest BCUT2D eigenvalue weighted by atomic mass is 10.1. The zero-order valence-electron chi connectivity index (χ0n) is 8.92. The summed E-state index contributed by atoms with van der Waals surface area (Å²) in [5, 5.41) is 20.0. The molecular formula is C10H10FNO5. The van der Waals surface area contributed by atoms with Gasteiger partial charge in [0.25, 0.3) is 0 Å². The van der Waals surface area contributed by atoms with Crippen molar-refractivity contribution >= 4 is 11.7 Å². The second-order valence-electron chi connectivity index (χ2n) is 3.23. The standard InChI is InChI=1S/C10H10FNO5/c1-17-9(14)5-8(13)6-3-2-4-7(10(6)11)12(15)16/h2-4,8,13H,5H2,1H3/t8-/m1/s1. The Hall–Kier alpha value is -2.02. The number of hydrogen-bond acceptors (Lipinski definition) is 5. The monoisotopic (exact) mass is 243 g/mol. The van der Waals surface area contributed by atoms with Crippen molar-refractivity contribution in [2.24, 2.45) is 0 Å². The SMILES string of the molecule is COC(=O)C[C@@H](O)c1cccc([N+](=O)[O-])c1F. The van der Waals surface area contributed by atoms with Crippen molar-refractivity contribution in [1.29, 1.82) is 0 Å². The number of esters is 1. The quantitative estimate of drug-likeness (QED) is 0.489. The molecule has 0 spiro atoms. The van der Waals surface area contributed by atoms with Gasteiger partial charge < -0.3 is 9.84 Å². The van der Waals surface area contributed by atoms with Crippen LogP contribution in [-0.2, 0) is 9.53 Å². The van der Waals surface area contributed by atoms with Crippen LogP contribution in [0.15, 0.2) is 18.2 Å². The average Bonchev–Trinajstić information content (AvgIpc) is 2.28. The largest absolute Gasteiger partial charge is 0.469 e. The van der Waals surface area contributed by atoms with E-state index in [0.29, 0.717) is 0 Å². The van der Waals surface area contributed by atoms with Crippen LogP contribution in [0.3, 0.4) is 0 Å². The molecule has 0 fully saturated rings. The molecule has 7 heteroatoms. The van der Waals surface area contributed by atoms with Gasteiger partial charge in [0, 0.05) is 11.6 Å². The third kappa shape index (κ3) is 2.97. The molecule has 1 aromatic carbocycles. The third-order valence-corrected chi connectivity index (χ3v) is 2.15. The van der Waals surface area contributed by atoms with Crippen molar-refractivity contribution in [2.45, 2.75) is 12.5 Å². The summed E-state index contributed by atoms with van der Waals surface area (Å²) in [7, 11) is 1.12. The van der Waals surface area contributed by atoms with Gasteiger partial charge in [-0.25, -0.2) is 0 Å². The Bertz CT molecular complexity index is 448. The molecular weight excluding hydrogens is 233 g/mol. The van der Waals surface area contributed by atoms with E-state index in [1.807, 2.05) is 0 Å².